The molecule has 9 rings (SSSR count). The molecule has 18 atom stereocenters. The molecular formula is C41H66O9. The largest absolute Gasteiger partial charge is 0.481 e. The van der Waals surface area contributed by atoms with Gasteiger partial charge in [-0.15, -0.1) is 0 Å². The minimum atomic E-state index is -0.788. The fraction of sp³-hybridized carbons (Fsp3) is 0.976. The van der Waals surface area contributed by atoms with Crippen molar-refractivity contribution < 1.29 is 43.7 Å². The van der Waals surface area contributed by atoms with Crippen LogP contribution in [0.4, 0.5) is 0 Å². The number of hydrogen-bond donors (Lipinski definition) is 2. The lowest BCUT2D eigenvalue weighted by Gasteiger charge is -2.62. The van der Waals surface area contributed by atoms with Crippen LogP contribution in [0.5, 0.6) is 0 Å². The lowest BCUT2D eigenvalue weighted by molar-refractivity contribution is -0.577. The first-order chi connectivity index (χ1) is 23.8. The summed E-state index contributed by atoms with van der Waals surface area (Å²) in [6.45, 7) is 14.8. The Morgan fingerprint density at radius 1 is 0.820 bits per heavy atom. The molecule has 50 heavy (non-hydrogen) atoms. The fourth-order valence-electron chi connectivity index (χ4n) is 14.4. The highest BCUT2D eigenvalue weighted by atomic mass is 17.3. The number of carboxylic acids is 1. The van der Waals surface area contributed by atoms with Crippen molar-refractivity contribution in [3.8, 4) is 0 Å². The van der Waals surface area contributed by atoms with Gasteiger partial charge in [0, 0.05) is 24.7 Å². The zero-order chi connectivity index (χ0) is 35.2. The maximum Gasteiger partial charge on any atom is 0.303 e. The van der Waals surface area contributed by atoms with Gasteiger partial charge in [-0.1, -0.05) is 34.6 Å². The number of aliphatic hydroxyl groups excluding tert-OH is 1. The van der Waals surface area contributed by atoms with Crippen molar-refractivity contribution >= 4 is 5.97 Å². The van der Waals surface area contributed by atoms with Crippen LogP contribution in [-0.4, -0.2) is 65.6 Å². The summed E-state index contributed by atoms with van der Waals surface area (Å²) in [7, 11) is 0. The van der Waals surface area contributed by atoms with Crippen LogP contribution in [0.2, 0.25) is 0 Å². The van der Waals surface area contributed by atoms with Crippen LogP contribution >= 0.6 is 0 Å². The number of aliphatic hydroxyl groups is 1. The molecular weight excluding hydrogens is 636 g/mol. The Bertz CT molecular complexity index is 1260. The van der Waals surface area contributed by atoms with Gasteiger partial charge in [0.25, 0.3) is 0 Å². The Kier molecular flexibility index (Phi) is 9.55. The van der Waals surface area contributed by atoms with Crippen LogP contribution < -0.4 is 0 Å². The van der Waals surface area contributed by atoms with E-state index in [9.17, 15) is 15.0 Å². The molecule has 0 aromatic heterocycles. The van der Waals surface area contributed by atoms with Crippen molar-refractivity contribution in [1.29, 1.82) is 0 Å². The zero-order valence-electron chi connectivity index (χ0n) is 31.6. The van der Waals surface area contributed by atoms with E-state index in [-0.39, 0.29) is 53.5 Å². The summed E-state index contributed by atoms with van der Waals surface area (Å²) in [5, 5.41) is 21.1. The Hall–Kier alpha value is -0.810. The molecule has 4 saturated heterocycles. The van der Waals surface area contributed by atoms with Crippen molar-refractivity contribution in [1.82, 2.24) is 0 Å². The summed E-state index contributed by atoms with van der Waals surface area (Å²) in [5.41, 5.74) is -0.167. The van der Waals surface area contributed by atoms with Gasteiger partial charge >= 0.3 is 5.97 Å². The highest BCUT2D eigenvalue weighted by Gasteiger charge is 2.69. The van der Waals surface area contributed by atoms with Crippen LogP contribution in [0.3, 0.4) is 0 Å². The van der Waals surface area contributed by atoms with Crippen LogP contribution in [0, 0.1) is 70.0 Å². The normalized spacial score (nSPS) is 54.5. The van der Waals surface area contributed by atoms with Crippen molar-refractivity contribution in [2.24, 2.45) is 70.0 Å². The van der Waals surface area contributed by atoms with E-state index in [2.05, 4.69) is 34.6 Å². The summed E-state index contributed by atoms with van der Waals surface area (Å²) in [6, 6.07) is 0. The number of hydrogen-bond acceptors (Lipinski definition) is 8. The molecule has 9 fully saturated rings. The van der Waals surface area contributed by atoms with E-state index in [0.717, 1.165) is 51.4 Å². The second-order valence-electron chi connectivity index (χ2n) is 19.3. The van der Waals surface area contributed by atoms with E-state index < -0.39 is 23.6 Å². The molecule has 0 radical (unpaired) electrons. The third-order valence-corrected chi connectivity index (χ3v) is 17.0. The molecule has 0 aromatic rings. The molecule has 0 amide bonds. The number of fused-ring (bicyclic) bond motifs is 7. The standard InChI is InChI=1S/C41H66O9/c1-23(8-12-35(43)44)28-10-11-31-27-22-34(42)33-21-26(13-16-39(33,5)32(27)14-17-38(28,31)4)45-19-20-46-36-25(3)30-9-7-24(2)29-15-18-40(6)48-37(47-36)41(29,30)50-49-40/h23-34,36-37,42H,7-22H2,1-6H3,(H,43,44)/t23-,24-,25-,26-,27+,28-,29+,30+,31+,32+,33+,34+,36+,37-,38-,39-,40+,41-/m1/s1. The third-order valence-electron chi connectivity index (χ3n) is 17.0. The van der Waals surface area contributed by atoms with Gasteiger partial charge in [0.2, 0.25) is 5.79 Å². The monoisotopic (exact) mass is 702 g/mol. The minimum Gasteiger partial charge on any atom is -0.481 e. The summed E-state index contributed by atoms with van der Waals surface area (Å²) >= 11 is 0. The average Bonchev–Trinajstić information content (AvgIpc) is 3.28. The zero-order valence-corrected chi connectivity index (χ0v) is 31.6. The quantitative estimate of drug-likeness (QED) is 0.184. The fourth-order valence-corrected chi connectivity index (χ4v) is 14.4. The van der Waals surface area contributed by atoms with E-state index >= 15 is 0 Å². The van der Waals surface area contributed by atoms with Gasteiger partial charge in [-0.25, -0.2) is 9.78 Å². The number of carboxylic acid groups (broad SMARTS) is 1. The SMILES string of the molecule is C[C@H]1[C@@H](OCCO[C@@H]2CC[C@]3(C)[C@H]4CC[C@]5(C)[C@@H]([C@H](C)CCC(=O)O)CC[C@H]5[C@@H]4C[C@H](O)[C@@H]3C2)O[C@@H]2O[C@]3(C)CC[C@H]4[C@H](C)CC[C@@H]1[C@@]24OO3. The van der Waals surface area contributed by atoms with Gasteiger partial charge < -0.3 is 29.2 Å². The summed E-state index contributed by atoms with van der Waals surface area (Å²) in [5.74, 6) is 2.97. The molecule has 5 aliphatic carbocycles. The molecule has 4 aliphatic heterocycles. The van der Waals surface area contributed by atoms with E-state index in [1.165, 1.54) is 32.1 Å². The van der Waals surface area contributed by atoms with Crippen molar-refractivity contribution in [2.75, 3.05) is 13.2 Å². The van der Waals surface area contributed by atoms with Gasteiger partial charge in [0.1, 0.15) is 0 Å². The number of aliphatic carboxylic acids is 1. The van der Waals surface area contributed by atoms with Crippen LogP contribution in [0.1, 0.15) is 131 Å². The maximum absolute atomic E-state index is 11.8. The van der Waals surface area contributed by atoms with Gasteiger partial charge in [-0.05, 0) is 142 Å². The number of rotatable bonds is 9. The van der Waals surface area contributed by atoms with Gasteiger partial charge in [-0.2, -0.15) is 0 Å². The molecule has 284 valence electrons. The van der Waals surface area contributed by atoms with E-state index in [1.54, 1.807) is 0 Å². The molecule has 9 heteroatoms. The average molecular weight is 703 g/mol. The van der Waals surface area contributed by atoms with Crippen molar-refractivity contribution in [3.05, 3.63) is 0 Å². The lowest BCUT2D eigenvalue weighted by atomic mass is 9.43. The van der Waals surface area contributed by atoms with Gasteiger partial charge in [0.05, 0.1) is 25.4 Å². The second kappa shape index (κ2) is 13.2. The predicted octanol–water partition coefficient (Wildman–Crippen LogP) is 7.73. The van der Waals surface area contributed by atoms with Crippen molar-refractivity contribution in [2.45, 2.75) is 168 Å². The van der Waals surface area contributed by atoms with Crippen molar-refractivity contribution in [3.63, 3.8) is 0 Å². The minimum absolute atomic E-state index is 0.141. The smallest absolute Gasteiger partial charge is 0.303 e. The lowest BCUT2D eigenvalue weighted by Crippen LogP contribution is -2.70. The Morgan fingerprint density at radius 2 is 1.54 bits per heavy atom. The molecule has 2 N–H and O–H groups in total. The van der Waals surface area contributed by atoms with Crippen LogP contribution in [-0.2, 0) is 33.5 Å². The molecule has 0 aromatic carbocycles. The van der Waals surface area contributed by atoms with Gasteiger partial charge in [0.15, 0.2) is 18.2 Å². The first-order valence-corrected chi connectivity index (χ1v) is 20.6. The second-order valence-corrected chi connectivity index (χ2v) is 19.3. The molecule has 0 unspecified atom stereocenters. The molecule has 4 heterocycles. The summed E-state index contributed by atoms with van der Waals surface area (Å²) < 4.78 is 26.1. The highest BCUT2D eigenvalue weighted by Crippen LogP contribution is 2.68. The molecule has 9 aliphatic rings. The van der Waals surface area contributed by atoms with Gasteiger partial charge in [-0.3, -0.25) is 4.79 Å². The maximum atomic E-state index is 11.8. The molecule has 5 saturated carbocycles. The molecule has 9 nitrogen and oxygen atoms in total. The Labute approximate surface area is 300 Å². The van der Waals surface area contributed by atoms with E-state index in [1.807, 2.05) is 6.92 Å². The van der Waals surface area contributed by atoms with Crippen LogP contribution in [0.15, 0.2) is 0 Å². The van der Waals surface area contributed by atoms with E-state index in [4.69, 9.17) is 28.7 Å². The Balaban J connectivity index is 0.858. The van der Waals surface area contributed by atoms with Crippen LogP contribution in [0.25, 0.3) is 0 Å². The third kappa shape index (κ3) is 5.68. The highest BCUT2D eigenvalue weighted by molar-refractivity contribution is 5.66. The Morgan fingerprint density at radius 3 is 2.34 bits per heavy atom. The molecule has 1 spiro atoms. The molecule has 2 bridgehead atoms. The van der Waals surface area contributed by atoms with E-state index in [0.29, 0.717) is 54.6 Å². The summed E-state index contributed by atoms with van der Waals surface area (Å²) in [4.78, 5) is 23.6. The first-order valence-electron chi connectivity index (χ1n) is 20.6. The number of carbonyl (C=O) groups is 1. The summed E-state index contributed by atoms with van der Waals surface area (Å²) in [6.07, 6.45) is 13.0. The predicted molar refractivity (Wildman–Crippen MR) is 185 cm³/mol. The topological polar surface area (TPSA) is 113 Å². The number of ether oxygens (including phenoxy) is 4. The first kappa shape index (κ1) is 36.2.